The van der Waals surface area contributed by atoms with Crippen molar-refractivity contribution in [1.82, 2.24) is 4.98 Å². The quantitative estimate of drug-likeness (QED) is 0.575. The smallest absolute Gasteiger partial charge is 0.356 e. The summed E-state index contributed by atoms with van der Waals surface area (Å²) in [6, 6.07) is 9.04. The molecule has 0 radical (unpaired) electrons. The number of carbonyl (C=O) groups excluding carboxylic acids is 1. The van der Waals surface area contributed by atoms with Gasteiger partial charge in [0.15, 0.2) is 5.69 Å². The fourth-order valence-corrected chi connectivity index (χ4v) is 2.27. The third-order valence-corrected chi connectivity index (χ3v) is 3.42. The molecule has 1 aromatic heterocycles. The zero-order chi connectivity index (χ0) is 14.4. The Morgan fingerprint density at radius 3 is 2.85 bits per heavy atom. The third kappa shape index (κ3) is 3.70. The van der Waals surface area contributed by atoms with Crippen molar-refractivity contribution in [1.29, 1.82) is 0 Å². The topological polar surface area (TPSA) is 39.2 Å². The minimum atomic E-state index is -0.408. The fraction of sp³-hybridized carbons (Fsp3) is 0.375. The molecule has 0 aliphatic carbocycles. The average molecular weight is 292 g/mol. The molecule has 3 nitrogen and oxygen atoms in total. The van der Waals surface area contributed by atoms with Gasteiger partial charge in [-0.3, -0.25) is 0 Å². The minimum absolute atomic E-state index is 0.268. The van der Waals surface area contributed by atoms with E-state index >= 15 is 0 Å². The zero-order valence-electron chi connectivity index (χ0n) is 11.6. The van der Waals surface area contributed by atoms with Gasteiger partial charge in [-0.05, 0) is 18.6 Å². The number of halogens is 1. The number of para-hydroxylation sites is 1. The molecule has 0 spiro atoms. The van der Waals surface area contributed by atoms with Crippen LogP contribution < -0.4 is 0 Å². The summed E-state index contributed by atoms with van der Waals surface area (Å²) in [4.78, 5) is 16.2. The first kappa shape index (κ1) is 14.8. The van der Waals surface area contributed by atoms with Crippen LogP contribution >= 0.6 is 11.6 Å². The molecule has 0 unspecified atom stereocenters. The van der Waals surface area contributed by atoms with Gasteiger partial charge in [0.1, 0.15) is 0 Å². The van der Waals surface area contributed by atoms with Gasteiger partial charge in [0.05, 0.1) is 17.1 Å². The number of nitrogens with zero attached hydrogens (tertiary/aromatic N) is 1. The number of carbonyl (C=O) groups is 1. The monoisotopic (exact) mass is 291 g/mol. The fourth-order valence-electron chi connectivity index (χ4n) is 2.01. The lowest BCUT2D eigenvalue weighted by Crippen LogP contribution is -2.08. The standard InChI is InChI=1S/C16H18ClNO2/c1-2-3-4-7-10-20-16(19)15-11-13(17)12-8-5-6-9-14(12)18-15/h5-6,8-9,11H,2-4,7,10H2,1H3. The average Bonchev–Trinajstić information content (AvgIpc) is 2.47. The van der Waals surface area contributed by atoms with E-state index in [9.17, 15) is 4.79 Å². The molecule has 0 aliphatic rings. The van der Waals surface area contributed by atoms with E-state index in [1.807, 2.05) is 24.3 Å². The molecule has 20 heavy (non-hydrogen) atoms. The lowest BCUT2D eigenvalue weighted by molar-refractivity contribution is 0.0491. The van der Waals surface area contributed by atoms with Crippen molar-refractivity contribution < 1.29 is 9.53 Å². The van der Waals surface area contributed by atoms with E-state index in [0.717, 1.165) is 31.1 Å². The third-order valence-electron chi connectivity index (χ3n) is 3.11. The maximum Gasteiger partial charge on any atom is 0.356 e. The summed E-state index contributed by atoms with van der Waals surface area (Å²) in [6.07, 6.45) is 4.30. The second kappa shape index (κ2) is 7.25. The molecular weight excluding hydrogens is 274 g/mol. The Balaban J connectivity index is 2.03. The number of aromatic nitrogens is 1. The van der Waals surface area contributed by atoms with Crippen molar-refractivity contribution in [2.45, 2.75) is 32.6 Å². The van der Waals surface area contributed by atoms with Crippen LogP contribution in [0.15, 0.2) is 30.3 Å². The van der Waals surface area contributed by atoms with Crippen LogP contribution in [0.2, 0.25) is 5.02 Å². The summed E-state index contributed by atoms with van der Waals surface area (Å²) >= 11 is 6.16. The molecule has 1 heterocycles. The van der Waals surface area contributed by atoms with Crippen molar-refractivity contribution in [3.8, 4) is 0 Å². The van der Waals surface area contributed by atoms with Crippen LogP contribution in [0.5, 0.6) is 0 Å². The number of fused-ring (bicyclic) bond motifs is 1. The van der Waals surface area contributed by atoms with Gasteiger partial charge < -0.3 is 4.74 Å². The highest BCUT2D eigenvalue weighted by Gasteiger charge is 2.12. The molecule has 0 atom stereocenters. The Kier molecular flexibility index (Phi) is 5.36. The Morgan fingerprint density at radius 2 is 2.05 bits per heavy atom. The van der Waals surface area contributed by atoms with Gasteiger partial charge >= 0.3 is 5.97 Å². The van der Waals surface area contributed by atoms with Gasteiger partial charge in [-0.25, -0.2) is 9.78 Å². The van der Waals surface area contributed by atoms with E-state index in [0.29, 0.717) is 17.1 Å². The van der Waals surface area contributed by atoms with Crippen molar-refractivity contribution in [3.63, 3.8) is 0 Å². The molecule has 2 aromatic rings. The predicted octanol–water partition coefficient (Wildman–Crippen LogP) is 4.63. The van der Waals surface area contributed by atoms with Crippen LogP contribution in [0.3, 0.4) is 0 Å². The van der Waals surface area contributed by atoms with Crippen LogP contribution in [0.4, 0.5) is 0 Å². The van der Waals surface area contributed by atoms with Crippen LogP contribution in [0.1, 0.15) is 43.1 Å². The van der Waals surface area contributed by atoms with Crippen LogP contribution in [-0.4, -0.2) is 17.6 Å². The molecule has 106 valence electrons. The minimum Gasteiger partial charge on any atom is -0.461 e. The van der Waals surface area contributed by atoms with E-state index in [1.165, 1.54) is 0 Å². The first-order chi connectivity index (χ1) is 9.72. The van der Waals surface area contributed by atoms with Crippen molar-refractivity contribution >= 4 is 28.5 Å². The molecular formula is C16H18ClNO2. The molecule has 0 saturated carbocycles. The van der Waals surface area contributed by atoms with Crippen LogP contribution in [-0.2, 0) is 4.74 Å². The summed E-state index contributed by atoms with van der Waals surface area (Å²) in [7, 11) is 0. The summed E-state index contributed by atoms with van der Waals surface area (Å²) < 4.78 is 5.22. The Labute approximate surface area is 123 Å². The molecule has 2 rings (SSSR count). The van der Waals surface area contributed by atoms with Gasteiger partial charge in [-0.1, -0.05) is 56.0 Å². The summed E-state index contributed by atoms with van der Waals surface area (Å²) in [6.45, 7) is 2.58. The molecule has 4 heteroatoms. The molecule has 0 N–H and O–H groups in total. The Morgan fingerprint density at radius 1 is 1.25 bits per heavy atom. The normalized spacial score (nSPS) is 10.7. The van der Waals surface area contributed by atoms with E-state index in [4.69, 9.17) is 16.3 Å². The highest BCUT2D eigenvalue weighted by atomic mass is 35.5. The van der Waals surface area contributed by atoms with Crippen LogP contribution in [0, 0.1) is 0 Å². The van der Waals surface area contributed by atoms with E-state index in [1.54, 1.807) is 6.07 Å². The summed E-state index contributed by atoms with van der Waals surface area (Å²) in [5.74, 6) is -0.408. The molecule has 0 fully saturated rings. The number of esters is 1. The second-order valence-corrected chi connectivity index (χ2v) is 5.11. The number of rotatable bonds is 6. The zero-order valence-corrected chi connectivity index (χ0v) is 12.3. The molecule has 0 bridgehead atoms. The number of pyridine rings is 1. The molecule has 0 amide bonds. The van der Waals surface area contributed by atoms with Crippen molar-refractivity contribution in [2.24, 2.45) is 0 Å². The second-order valence-electron chi connectivity index (χ2n) is 4.70. The first-order valence-electron chi connectivity index (χ1n) is 6.94. The highest BCUT2D eigenvalue weighted by Crippen LogP contribution is 2.23. The van der Waals surface area contributed by atoms with Crippen molar-refractivity contribution in [3.05, 3.63) is 41.0 Å². The van der Waals surface area contributed by atoms with E-state index in [2.05, 4.69) is 11.9 Å². The number of unbranched alkanes of at least 4 members (excludes halogenated alkanes) is 3. The Bertz CT molecular complexity index is 598. The summed E-state index contributed by atoms with van der Waals surface area (Å²) in [5, 5.41) is 1.36. The lowest BCUT2D eigenvalue weighted by atomic mass is 10.2. The van der Waals surface area contributed by atoms with Crippen LogP contribution in [0.25, 0.3) is 10.9 Å². The Hall–Kier alpha value is -1.61. The first-order valence-corrected chi connectivity index (χ1v) is 7.32. The van der Waals surface area contributed by atoms with E-state index in [-0.39, 0.29) is 5.69 Å². The highest BCUT2D eigenvalue weighted by molar-refractivity contribution is 6.35. The van der Waals surface area contributed by atoms with Gasteiger partial charge in [-0.2, -0.15) is 0 Å². The maximum atomic E-state index is 11.9. The molecule has 0 saturated heterocycles. The lowest BCUT2D eigenvalue weighted by Gasteiger charge is -2.06. The number of hydrogen-bond donors (Lipinski definition) is 0. The van der Waals surface area contributed by atoms with Gasteiger partial charge in [0.25, 0.3) is 0 Å². The molecule has 0 aliphatic heterocycles. The largest absolute Gasteiger partial charge is 0.461 e. The maximum absolute atomic E-state index is 11.9. The van der Waals surface area contributed by atoms with E-state index < -0.39 is 5.97 Å². The number of benzene rings is 1. The number of hydrogen-bond acceptors (Lipinski definition) is 3. The predicted molar refractivity (Wildman–Crippen MR) is 81.2 cm³/mol. The van der Waals surface area contributed by atoms with Gasteiger partial charge in [0, 0.05) is 5.39 Å². The van der Waals surface area contributed by atoms with Gasteiger partial charge in [-0.15, -0.1) is 0 Å². The van der Waals surface area contributed by atoms with Crippen molar-refractivity contribution in [2.75, 3.05) is 6.61 Å². The SMILES string of the molecule is CCCCCCOC(=O)c1cc(Cl)c2ccccc2n1. The van der Waals surface area contributed by atoms with Gasteiger partial charge in [0.2, 0.25) is 0 Å². The number of ether oxygens (including phenoxy) is 1. The molecule has 1 aromatic carbocycles. The summed E-state index contributed by atoms with van der Waals surface area (Å²) in [5.41, 5.74) is 0.974.